The number of rotatable bonds is 6. The van der Waals surface area contributed by atoms with Crippen LogP contribution in [0.3, 0.4) is 0 Å². The Morgan fingerprint density at radius 1 is 1.24 bits per heavy atom. The summed E-state index contributed by atoms with van der Waals surface area (Å²) in [5.74, 6) is 0.275. The SMILES string of the molecule is Cl.NCCNC(=O)c1ccccc1NC(=O)CC1CCC1. The van der Waals surface area contributed by atoms with Gasteiger partial charge in [-0.05, 0) is 30.9 Å². The van der Waals surface area contributed by atoms with Crippen LogP contribution >= 0.6 is 12.4 Å². The highest BCUT2D eigenvalue weighted by molar-refractivity contribution is 6.03. The summed E-state index contributed by atoms with van der Waals surface area (Å²) in [7, 11) is 0. The maximum Gasteiger partial charge on any atom is 0.253 e. The summed E-state index contributed by atoms with van der Waals surface area (Å²) < 4.78 is 0. The topological polar surface area (TPSA) is 84.2 Å². The van der Waals surface area contributed by atoms with E-state index in [9.17, 15) is 9.59 Å². The van der Waals surface area contributed by atoms with Gasteiger partial charge in [0.1, 0.15) is 0 Å². The molecule has 1 aliphatic carbocycles. The molecule has 0 radical (unpaired) electrons. The predicted octanol–water partition coefficient (Wildman–Crippen LogP) is 1.93. The Labute approximate surface area is 131 Å². The van der Waals surface area contributed by atoms with Crippen molar-refractivity contribution in [1.29, 1.82) is 0 Å². The summed E-state index contributed by atoms with van der Waals surface area (Å²) in [5.41, 5.74) is 6.40. The Morgan fingerprint density at radius 2 is 1.95 bits per heavy atom. The molecule has 2 rings (SSSR count). The number of hydrogen-bond acceptors (Lipinski definition) is 3. The molecule has 0 spiro atoms. The first-order valence-corrected chi connectivity index (χ1v) is 7.08. The summed E-state index contributed by atoms with van der Waals surface area (Å²) in [5, 5.41) is 5.55. The van der Waals surface area contributed by atoms with Gasteiger partial charge in [-0.25, -0.2) is 0 Å². The summed E-state index contributed by atoms with van der Waals surface area (Å²) in [6.45, 7) is 0.811. The van der Waals surface area contributed by atoms with E-state index in [4.69, 9.17) is 5.73 Å². The molecular weight excluding hydrogens is 290 g/mol. The molecule has 6 heteroatoms. The zero-order valence-corrected chi connectivity index (χ0v) is 12.7. The van der Waals surface area contributed by atoms with E-state index in [1.165, 1.54) is 6.42 Å². The molecule has 0 bridgehead atoms. The van der Waals surface area contributed by atoms with Crippen LogP contribution in [0.5, 0.6) is 0 Å². The van der Waals surface area contributed by atoms with Gasteiger partial charge in [0.15, 0.2) is 0 Å². The van der Waals surface area contributed by atoms with Crippen molar-refractivity contribution < 1.29 is 9.59 Å². The van der Waals surface area contributed by atoms with Crippen molar-refractivity contribution >= 4 is 29.9 Å². The normalized spacial score (nSPS) is 13.8. The molecule has 5 nitrogen and oxygen atoms in total. The second-order valence-corrected chi connectivity index (χ2v) is 5.14. The fourth-order valence-corrected chi connectivity index (χ4v) is 2.23. The predicted molar refractivity (Wildman–Crippen MR) is 85.7 cm³/mol. The molecular formula is C15H22ClN3O2. The number of hydrogen-bond donors (Lipinski definition) is 3. The standard InChI is InChI=1S/C15H21N3O2.ClH/c16-8-9-17-15(20)12-6-1-2-7-13(12)18-14(19)10-11-4-3-5-11;/h1-2,6-7,11H,3-5,8-10,16H2,(H,17,20)(H,18,19);1H. The lowest BCUT2D eigenvalue weighted by Crippen LogP contribution is -2.30. The number of carbonyl (C=O) groups excluding carboxylic acids is 2. The number of benzene rings is 1. The molecule has 0 atom stereocenters. The summed E-state index contributed by atoms with van der Waals surface area (Å²) in [6, 6.07) is 7.03. The zero-order valence-electron chi connectivity index (χ0n) is 11.9. The molecule has 0 unspecified atom stereocenters. The maximum absolute atomic E-state index is 12.0. The van der Waals surface area contributed by atoms with Crippen molar-refractivity contribution in [1.82, 2.24) is 5.32 Å². The highest BCUT2D eigenvalue weighted by atomic mass is 35.5. The molecule has 1 aromatic rings. The molecule has 116 valence electrons. The third-order valence-corrected chi connectivity index (χ3v) is 3.57. The Kier molecular flexibility index (Phi) is 7.19. The zero-order chi connectivity index (χ0) is 14.4. The molecule has 0 heterocycles. The second kappa shape index (κ2) is 8.64. The van der Waals surface area contributed by atoms with Gasteiger partial charge < -0.3 is 16.4 Å². The largest absolute Gasteiger partial charge is 0.351 e. The van der Waals surface area contributed by atoms with Crippen LogP contribution in [0.4, 0.5) is 5.69 Å². The van der Waals surface area contributed by atoms with Crippen molar-refractivity contribution in [2.45, 2.75) is 25.7 Å². The number of halogens is 1. The molecule has 4 N–H and O–H groups in total. The van der Waals surface area contributed by atoms with Crippen molar-refractivity contribution in [3.63, 3.8) is 0 Å². The van der Waals surface area contributed by atoms with E-state index < -0.39 is 0 Å². The Bertz CT molecular complexity index is 490. The van der Waals surface area contributed by atoms with Gasteiger partial charge >= 0.3 is 0 Å². The molecule has 0 aromatic heterocycles. The smallest absolute Gasteiger partial charge is 0.253 e. The van der Waals surface area contributed by atoms with Crippen LogP contribution in [-0.2, 0) is 4.79 Å². The molecule has 1 aromatic carbocycles. The summed E-state index contributed by atoms with van der Waals surface area (Å²) in [6.07, 6.45) is 4.02. The van der Waals surface area contributed by atoms with Crippen LogP contribution < -0.4 is 16.4 Å². The van der Waals surface area contributed by atoms with E-state index in [1.54, 1.807) is 24.3 Å². The Hall–Kier alpha value is -1.59. The molecule has 0 saturated heterocycles. The van der Waals surface area contributed by atoms with Gasteiger partial charge in [-0.15, -0.1) is 12.4 Å². The molecule has 2 amide bonds. The fourth-order valence-electron chi connectivity index (χ4n) is 2.23. The van der Waals surface area contributed by atoms with E-state index >= 15 is 0 Å². The van der Waals surface area contributed by atoms with Gasteiger partial charge in [0.05, 0.1) is 11.3 Å². The first-order chi connectivity index (χ1) is 9.70. The van der Waals surface area contributed by atoms with E-state index in [1.807, 2.05) is 0 Å². The minimum absolute atomic E-state index is 0. The minimum Gasteiger partial charge on any atom is -0.351 e. The lowest BCUT2D eigenvalue weighted by molar-refractivity contribution is -0.117. The Balaban J connectivity index is 0.00000220. The van der Waals surface area contributed by atoms with Gasteiger partial charge in [0, 0.05) is 19.5 Å². The Morgan fingerprint density at radius 3 is 2.57 bits per heavy atom. The highest BCUT2D eigenvalue weighted by Crippen LogP contribution is 2.29. The van der Waals surface area contributed by atoms with Crippen LogP contribution in [-0.4, -0.2) is 24.9 Å². The van der Waals surface area contributed by atoms with Gasteiger partial charge in [-0.1, -0.05) is 18.6 Å². The van der Waals surface area contributed by atoms with Crippen LogP contribution in [0.15, 0.2) is 24.3 Å². The number of amides is 2. The first kappa shape index (κ1) is 17.5. The third kappa shape index (κ3) is 5.02. The molecule has 1 aliphatic rings. The van der Waals surface area contributed by atoms with E-state index in [2.05, 4.69) is 10.6 Å². The number of nitrogens with one attached hydrogen (secondary N) is 2. The quantitative estimate of drug-likeness (QED) is 0.750. The minimum atomic E-state index is -0.213. The summed E-state index contributed by atoms with van der Waals surface area (Å²) >= 11 is 0. The van der Waals surface area contributed by atoms with Gasteiger partial charge in [0.2, 0.25) is 5.91 Å². The van der Waals surface area contributed by atoms with Crippen LogP contribution in [0.25, 0.3) is 0 Å². The van der Waals surface area contributed by atoms with E-state index in [-0.39, 0.29) is 24.2 Å². The highest BCUT2D eigenvalue weighted by Gasteiger charge is 2.21. The first-order valence-electron chi connectivity index (χ1n) is 7.08. The second-order valence-electron chi connectivity index (χ2n) is 5.14. The lowest BCUT2D eigenvalue weighted by atomic mass is 9.83. The fraction of sp³-hybridized carbons (Fsp3) is 0.467. The molecule has 1 saturated carbocycles. The van der Waals surface area contributed by atoms with E-state index in [0.717, 1.165) is 12.8 Å². The van der Waals surface area contributed by atoms with Gasteiger partial charge in [-0.2, -0.15) is 0 Å². The van der Waals surface area contributed by atoms with Crippen LogP contribution in [0.2, 0.25) is 0 Å². The van der Waals surface area contributed by atoms with Crippen molar-refractivity contribution in [3.8, 4) is 0 Å². The number of para-hydroxylation sites is 1. The monoisotopic (exact) mass is 311 g/mol. The lowest BCUT2D eigenvalue weighted by Gasteiger charge is -2.24. The average molecular weight is 312 g/mol. The number of anilines is 1. The van der Waals surface area contributed by atoms with E-state index in [0.29, 0.717) is 36.7 Å². The maximum atomic E-state index is 12.0. The number of nitrogens with two attached hydrogens (primary N) is 1. The number of carbonyl (C=O) groups is 2. The molecule has 1 fully saturated rings. The third-order valence-electron chi connectivity index (χ3n) is 3.57. The molecule has 21 heavy (non-hydrogen) atoms. The van der Waals surface area contributed by atoms with Gasteiger partial charge in [0.25, 0.3) is 5.91 Å². The van der Waals surface area contributed by atoms with Crippen molar-refractivity contribution in [3.05, 3.63) is 29.8 Å². The van der Waals surface area contributed by atoms with Gasteiger partial charge in [-0.3, -0.25) is 9.59 Å². The summed E-state index contributed by atoms with van der Waals surface area (Å²) in [4.78, 5) is 23.9. The van der Waals surface area contributed by atoms with Crippen molar-refractivity contribution in [2.75, 3.05) is 18.4 Å². The van der Waals surface area contributed by atoms with Crippen LogP contribution in [0, 0.1) is 5.92 Å². The van der Waals surface area contributed by atoms with Crippen LogP contribution in [0.1, 0.15) is 36.0 Å². The molecule has 0 aliphatic heterocycles. The van der Waals surface area contributed by atoms with Crippen molar-refractivity contribution in [2.24, 2.45) is 11.7 Å². The average Bonchev–Trinajstić information content (AvgIpc) is 2.41.